The van der Waals surface area contributed by atoms with Crippen molar-refractivity contribution in [1.82, 2.24) is 29.9 Å². The Labute approximate surface area is 684 Å². The number of hydrogen-bond donors (Lipinski definition) is 15. The Kier molecular flexibility index (Phi) is 33.0. The van der Waals surface area contributed by atoms with E-state index in [2.05, 4.69) is 82.3 Å². The van der Waals surface area contributed by atoms with Crippen molar-refractivity contribution in [3.05, 3.63) is 95.5 Å². The second-order valence-electron chi connectivity index (χ2n) is 17.8. The van der Waals surface area contributed by atoms with Crippen LogP contribution in [0.15, 0.2) is 135 Å². The molecule has 8 rings (SSSR count). The monoisotopic (exact) mass is 1540 g/mol. The molecule has 480 valence electrons. The third-order valence-electron chi connectivity index (χ3n) is 11.4. The van der Waals surface area contributed by atoms with Gasteiger partial charge in [-0.1, -0.05) is 0 Å². The first-order chi connectivity index (χ1) is 41.7. The molecule has 17 N–H and O–H groups in total. The molecular formula is C43H36Cl2N18Na6O21S6. The summed E-state index contributed by atoms with van der Waals surface area (Å²) < 4.78 is 205. The van der Waals surface area contributed by atoms with Crippen molar-refractivity contribution in [2.45, 2.75) is 35.5 Å². The number of nitrogens with zero attached hydrogens (tertiary/aromatic N) is 10. The van der Waals surface area contributed by atoms with Gasteiger partial charge < -0.3 is 48.5 Å². The molecule has 2 heterocycles. The van der Waals surface area contributed by atoms with Crippen molar-refractivity contribution >= 4 is 364 Å². The topological polar surface area (TPSA) is 632 Å². The summed E-state index contributed by atoms with van der Waals surface area (Å²) in [6.45, 7) is -0.577. The fraction of sp³-hybridized carbons (Fsp3) is 0.0698. The van der Waals surface area contributed by atoms with E-state index in [-0.39, 0.29) is 259 Å². The molecule has 0 unspecified atom stereocenters. The number of hydrogen-bond acceptors (Lipinski definition) is 29. The third-order valence-corrected chi connectivity index (χ3v) is 17.0. The molecule has 8 aromatic rings. The number of aliphatic hydroxyl groups is 1. The van der Waals surface area contributed by atoms with Crippen LogP contribution in [0.2, 0.25) is 10.6 Å². The minimum Gasteiger partial charge on any atom is -0.389 e. The number of aliphatic hydroxyl groups excluding tert-OH is 1. The summed E-state index contributed by atoms with van der Waals surface area (Å²) in [4.78, 5) is 41.9. The van der Waals surface area contributed by atoms with Crippen LogP contribution in [0.1, 0.15) is 0 Å². The first-order valence-corrected chi connectivity index (χ1v) is 32.9. The Morgan fingerprint density at radius 2 is 0.729 bits per heavy atom. The molecule has 96 heavy (non-hydrogen) atoms. The number of azo groups is 2. The van der Waals surface area contributed by atoms with Gasteiger partial charge in [-0.15, -0.1) is 20.5 Å². The van der Waals surface area contributed by atoms with Gasteiger partial charge in [0.15, 0.2) is 0 Å². The number of primary amides is 2. The first-order valence-electron chi connectivity index (χ1n) is 23.5. The van der Waals surface area contributed by atoms with Crippen LogP contribution in [0.25, 0.3) is 21.5 Å². The number of nitrogens with one attached hydrogen (secondary N) is 6. The van der Waals surface area contributed by atoms with Crippen molar-refractivity contribution in [2.75, 3.05) is 45.0 Å². The summed E-state index contributed by atoms with van der Waals surface area (Å²) in [5.41, 5.74) is 8.39. The molecular weight excluding hydrogens is 1510 g/mol. The van der Waals surface area contributed by atoms with Gasteiger partial charge in [0.25, 0.3) is 60.7 Å². The molecule has 0 atom stereocenters. The molecule has 0 aliphatic heterocycles. The molecule has 6 radical (unpaired) electrons. The minimum absolute atomic E-state index is 0. The molecule has 2 aromatic heterocycles. The summed E-state index contributed by atoms with van der Waals surface area (Å²) in [5.74, 6) is -0.879. The van der Waals surface area contributed by atoms with Crippen LogP contribution in [0, 0.1) is 0 Å². The predicted octanol–water partition coefficient (Wildman–Crippen LogP) is 3.05. The van der Waals surface area contributed by atoms with E-state index in [4.69, 9.17) is 34.7 Å². The SMILES string of the molecule is NC(=O)Nc1cc(Nc2nc(Cl)nc(NCC(O)CNc3nc(Cl)nc(Nc4ccc(N=Nc5cc6c(S(=O)(=O)O)cc(S(=O)(=O)O)cc6cc5S(=O)(=O)O)c(NC(N)=O)c4)n3)n2)ccc1N=Nc1cc2c(S(=O)(=O)O)cc(S(=O)(=O)O)cc2cc1S(=O)(=O)O.[Na].[Na].[Na].[Na].[Na].[Na]. The van der Waals surface area contributed by atoms with Gasteiger partial charge in [-0.2, -0.15) is 80.4 Å². The van der Waals surface area contributed by atoms with E-state index in [1.54, 1.807) is 0 Å². The molecule has 0 bridgehead atoms. The molecule has 0 spiro atoms. The maximum atomic E-state index is 12.5. The number of anilines is 8. The Morgan fingerprint density at radius 3 is 1.03 bits per heavy atom. The van der Waals surface area contributed by atoms with E-state index in [0.29, 0.717) is 48.5 Å². The fourth-order valence-corrected chi connectivity index (χ4v) is 12.0. The van der Waals surface area contributed by atoms with Gasteiger partial charge in [0.2, 0.25) is 34.4 Å². The standard InChI is InChI=1S/C43H36Cl2N18O21S6.6Na/c44-36-54-40(58-42(56-36)50-19-1-3-26(28(9-19)52-38(46)65)60-62-30-13-24-17(7-34(30)89(79,80)81)5-22(85(67,68)69)11-32(24)87(73,74)75)48-15-21(64)16-49-41-55-37(45)57-43(59-41)51-20-2-4-27(29(10-20)53-39(47)66)61-63-31-14-25-18(8-35(31)90(82,83)84)6-23(86(70,71)72)12-33(25)88(76,77)78;;;;;;/h1-14,21,64H,15-16H2,(H3,46,52,65)(H3,47,53,66)(H,67,68,69)(H,70,71,72)(H,73,74,75)(H,76,77,78)(H,79,80,81)(H,82,83,84)(H2,48,50,54,56,58)(H2,49,51,55,57,59);;;;;;. The van der Waals surface area contributed by atoms with Crippen LogP contribution in [-0.2, 0) is 60.7 Å². The number of nitrogens with two attached hydrogens (primary N) is 2. The first kappa shape index (κ1) is 88.9. The van der Waals surface area contributed by atoms with Crippen molar-refractivity contribution in [3.8, 4) is 0 Å². The maximum absolute atomic E-state index is 12.5. The number of aromatic nitrogens is 6. The molecule has 0 fully saturated rings. The Balaban J connectivity index is 0.00000523. The molecule has 0 aliphatic rings. The number of carbonyl (C=O) groups is 2. The molecule has 39 nitrogen and oxygen atoms in total. The zero-order valence-corrected chi connectivity index (χ0v) is 68.2. The second-order valence-corrected chi connectivity index (χ2v) is 26.9. The number of fused-ring (bicyclic) bond motifs is 2. The summed E-state index contributed by atoms with van der Waals surface area (Å²) in [5, 5.41) is 38.9. The van der Waals surface area contributed by atoms with Gasteiger partial charge in [0, 0.05) is 213 Å². The largest absolute Gasteiger partial charge is 0.389 e. The number of benzene rings is 6. The van der Waals surface area contributed by atoms with Gasteiger partial charge in [-0.3, -0.25) is 27.3 Å². The second kappa shape index (κ2) is 35.6. The van der Waals surface area contributed by atoms with Gasteiger partial charge in [0.05, 0.1) is 27.3 Å². The number of amides is 4. The minimum atomic E-state index is -5.28. The summed E-state index contributed by atoms with van der Waals surface area (Å²) in [6.07, 6.45) is -1.28. The van der Waals surface area contributed by atoms with Crippen LogP contribution in [0.3, 0.4) is 0 Å². The van der Waals surface area contributed by atoms with E-state index in [0.717, 1.165) is 0 Å². The summed E-state index contributed by atoms with van der Waals surface area (Å²) >= 11 is 12.3. The van der Waals surface area contributed by atoms with Gasteiger partial charge >= 0.3 is 12.1 Å². The van der Waals surface area contributed by atoms with Crippen molar-refractivity contribution in [2.24, 2.45) is 31.9 Å². The van der Waals surface area contributed by atoms with Crippen LogP contribution < -0.4 is 43.4 Å². The van der Waals surface area contributed by atoms with Gasteiger partial charge in [0.1, 0.15) is 42.3 Å². The van der Waals surface area contributed by atoms with E-state index in [1.165, 1.54) is 36.4 Å². The van der Waals surface area contributed by atoms with Crippen LogP contribution in [0.4, 0.5) is 78.9 Å². The summed E-state index contributed by atoms with van der Waals surface area (Å²) in [7, 11) is -31.3. The molecule has 53 heteroatoms. The number of halogens is 2. The molecule has 0 saturated heterocycles. The molecule has 4 amide bonds. The average Bonchev–Trinajstić information content (AvgIpc) is 0.763. The Bertz CT molecular complexity index is 4840. The average molecular weight is 1540 g/mol. The predicted molar refractivity (Wildman–Crippen MR) is 348 cm³/mol. The number of urea groups is 2. The number of rotatable bonds is 22. The Hall–Kier alpha value is -3.20. The zero-order chi connectivity index (χ0) is 66.2. The molecule has 0 saturated carbocycles. The van der Waals surface area contributed by atoms with Crippen molar-refractivity contribution in [1.29, 1.82) is 0 Å². The molecule has 0 aliphatic carbocycles. The Morgan fingerprint density at radius 1 is 0.417 bits per heavy atom. The van der Waals surface area contributed by atoms with Gasteiger partial charge in [-0.05, 0) is 119 Å². The van der Waals surface area contributed by atoms with Crippen LogP contribution in [-0.4, -0.2) is 321 Å². The van der Waals surface area contributed by atoms with Crippen LogP contribution in [0.5, 0.6) is 0 Å². The third kappa shape index (κ3) is 24.0. The van der Waals surface area contributed by atoms with Gasteiger partial charge in [-0.25, -0.2) is 9.59 Å². The maximum Gasteiger partial charge on any atom is 0.316 e. The van der Waals surface area contributed by atoms with E-state index < -0.39 is 141 Å². The molecule has 6 aromatic carbocycles. The van der Waals surface area contributed by atoms with E-state index >= 15 is 0 Å². The van der Waals surface area contributed by atoms with E-state index in [1.807, 2.05) is 0 Å². The normalized spacial score (nSPS) is 12.1. The van der Waals surface area contributed by atoms with Crippen molar-refractivity contribution < 1.29 is 92.5 Å². The quantitative estimate of drug-likeness (QED) is 0.0263. The summed E-state index contributed by atoms with van der Waals surface area (Å²) in [6, 6.07) is 9.73. The zero-order valence-electron chi connectivity index (χ0n) is 49.8. The van der Waals surface area contributed by atoms with Crippen molar-refractivity contribution in [3.63, 3.8) is 0 Å². The smallest absolute Gasteiger partial charge is 0.316 e. The van der Waals surface area contributed by atoms with E-state index in [9.17, 15) is 92.5 Å². The fourth-order valence-electron chi connectivity index (χ4n) is 7.73. The number of carbonyl (C=O) groups excluding carboxylic acids is 2. The van der Waals surface area contributed by atoms with Crippen LogP contribution >= 0.6 is 23.2 Å².